The van der Waals surface area contributed by atoms with Crippen molar-refractivity contribution in [3.05, 3.63) is 65.5 Å². The van der Waals surface area contributed by atoms with E-state index in [9.17, 15) is 0 Å². The van der Waals surface area contributed by atoms with Crippen LogP contribution in [0.1, 0.15) is 69.7 Å². The van der Waals surface area contributed by atoms with Gasteiger partial charge >= 0.3 is 0 Å². The molecule has 0 radical (unpaired) electrons. The van der Waals surface area contributed by atoms with Crippen molar-refractivity contribution < 1.29 is 0 Å². The fraction of sp³-hybridized carbons (Fsp3) is 0.480. The van der Waals surface area contributed by atoms with E-state index in [2.05, 4.69) is 80.6 Å². The summed E-state index contributed by atoms with van der Waals surface area (Å²) in [6.07, 6.45) is 13.9. The molecule has 2 unspecified atom stereocenters. The van der Waals surface area contributed by atoms with Crippen LogP contribution >= 0.6 is 0 Å². The van der Waals surface area contributed by atoms with Crippen LogP contribution in [0.25, 0.3) is 11.8 Å². The summed E-state index contributed by atoms with van der Waals surface area (Å²) in [6.45, 7) is 12.7. The van der Waals surface area contributed by atoms with Gasteiger partial charge in [-0.25, -0.2) is 4.68 Å². The van der Waals surface area contributed by atoms with Crippen molar-refractivity contribution in [3.63, 3.8) is 0 Å². The Morgan fingerprint density at radius 2 is 2.04 bits per heavy atom. The highest BCUT2D eigenvalue weighted by Crippen LogP contribution is 2.50. The number of unbranched alkanes of at least 4 members (excludes halogenated alkanes) is 1. The van der Waals surface area contributed by atoms with Gasteiger partial charge in [0.05, 0.1) is 17.6 Å². The van der Waals surface area contributed by atoms with Crippen LogP contribution < -0.4 is 0 Å². The van der Waals surface area contributed by atoms with Crippen LogP contribution in [0.2, 0.25) is 0 Å². The van der Waals surface area contributed by atoms with Gasteiger partial charge in [0.15, 0.2) is 0 Å². The van der Waals surface area contributed by atoms with Crippen LogP contribution in [0, 0.1) is 18.3 Å². The fourth-order valence-electron chi connectivity index (χ4n) is 4.38. The Labute approximate surface area is 165 Å². The SMILES string of the molecule is C=CCCC.Cc1ccc(-n2ncc3c2C=C2CCCC(C)C2(C)C3)cc1. The number of rotatable bonds is 3. The zero-order valence-corrected chi connectivity index (χ0v) is 17.5. The number of hydrogen-bond donors (Lipinski definition) is 0. The maximum Gasteiger partial charge on any atom is 0.0700 e. The lowest BCUT2D eigenvalue weighted by atomic mass is 9.60. The Balaban J connectivity index is 0.000000376. The second-order valence-electron chi connectivity index (χ2n) is 8.44. The van der Waals surface area contributed by atoms with E-state index in [1.54, 1.807) is 5.57 Å². The van der Waals surface area contributed by atoms with Gasteiger partial charge in [-0.1, -0.05) is 56.5 Å². The van der Waals surface area contributed by atoms with Gasteiger partial charge in [0.25, 0.3) is 0 Å². The van der Waals surface area contributed by atoms with Gasteiger partial charge in [0.2, 0.25) is 0 Å². The third-order valence-electron chi connectivity index (χ3n) is 6.43. The molecule has 1 saturated carbocycles. The quantitative estimate of drug-likeness (QED) is 0.542. The van der Waals surface area contributed by atoms with Crippen molar-refractivity contribution in [2.45, 2.75) is 66.2 Å². The van der Waals surface area contributed by atoms with Crippen molar-refractivity contribution in [1.29, 1.82) is 0 Å². The number of hydrogen-bond acceptors (Lipinski definition) is 1. The number of fused-ring (bicyclic) bond motifs is 2. The van der Waals surface area contributed by atoms with Gasteiger partial charge in [-0.3, -0.25) is 0 Å². The third-order valence-corrected chi connectivity index (χ3v) is 6.43. The van der Waals surface area contributed by atoms with E-state index in [0.717, 1.165) is 24.4 Å². The first-order valence-corrected chi connectivity index (χ1v) is 10.5. The Morgan fingerprint density at radius 1 is 1.30 bits per heavy atom. The average molecular weight is 363 g/mol. The average Bonchev–Trinajstić information content (AvgIpc) is 3.05. The number of allylic oxidation sites excluding steroid dienone is 2. The van der Waals surface area contributed by atoms with E-state index in [0.29, 0.717) is 5.41 Å². The zero-order valence-electron chi connectivity index (χ0n) is 17.5. The van der Waals surface area contributed by atoms with Crippen molar-refractivity contribution >= 4 is 6.08 Å². The van der Waals surface area contributed by atoms with E-state index in [-0.39, 0.29) is 0 Å². The molecule has 0 aliphatic heterocycles. The lowest BCUT2D eigenvalue weighted by Gasteiger charge is -2.44. The molecular formula is C25H34N2. The van der Waals surface area contributed by atoms with Crippen LogP contribution in [0.5, 0.6) is 0 Å². The largest absolute Gasteiger partial charge is 0.233 e. The molecule has 1 heterocycles. The second kappa shape index (κ2) is 8.29. The number of benzene rings is 1. The lowest BCUT2D eigenvalue weighted by Crippen LogP contribution is -2.35. The highest BCUT2D eigenvalue weighted by molar-refractivity contribution is 5.61. The standard InChI is InChI=1S/C20H24N2.C5H10/c1-14-7-9-18(10-8-14)22-19-11-17-6-4-5-15(2)20(17,3)12-16(19)13-21-22;1-3-5-4-2/h7-11,13,15H,4-6,12H2,1-3H3;3H,1,4-5H2,2H3. The fourth-order valence-corrected chi connectivity index (χ4v) is 4.38. The van der Waals surface area contributed by atoms with E-state index in [4.69, 9.17) is 0 Å². The molecule has 1 aromatic carbocycles. The first-order valence-electron chi connectivity index (χ1n) is 10.5. The minimum Gasteiger partial charge on any atom is -0.233 e. The molecule has 2 nitrogen and oxygen atoms in total. The Kier molecular flexibility index (Phi) is 6.04. The minimum atomic E-state index is 0.340. The molecule has 4 rings (SSSR count). The summed E-state index contributed by atoms with van der Waals surface area (Å²) in [6, 6.07) is 8.65. The summed E-state index contributed by atoms with van der Waals surface area (Å²) in [7, 11) is 0. The van der Waals surface area contributed by atoms with Gasteiger partial charge in [0.1, 0.15) is 0 Å². The summed E-state index contributed by atoms with van der Waals surface area (Å²) < 4.78 is 2.11. The van der Waals surface area contributed by atoms with Gasteiger partial charge in [-0.2, -0.15) is 5.10 Å². The smallest absolute Gasteiger partial charge is 0.0700 e. The molecule has 0 saturated heterocycles. The number of aromatic nitrogens is 2. The van der Waals surface area contributed by atoms with E-state index >= 15 is 0 Å². The van der Waals surface area contributed by atoms with Crippen molar-refractivity contribution in [3.8, 4) is 5.69 Å². The molecule has 2 aliphatic rings. The number of nitrogens with zero attached hydrogens (tertiary/aromatic N) is 2. The summed E-state index contributed by atoms with van der Waals surface area (Å²) in [5, 5.41) is 4.68. The topological polar surface area (TPSA) is 17.8 Å². The molecule has 2 heteroatoms. The second-order valence-corrected chi connectivity index (χ2v) is 8.44. The van der Waals surface area contributed by atoms with Crippen LogP contribution in [0.4, 0.5) is 0 Å². The maximum absolute atomic E-state index is 4.68. The molecule has 0 bridgehead atoms. The van der Waals surface area contributed by atoms with Crippen LogP contribution in [-0.4, -0.2) is 9.78 Å². The summed E-state index contributed by atoms with van der Waals surface area (Å²) in [5.74, 6) is 0.767. The molecule has 0 amide bonds. The summed E-state index contributed by atoms with van der Waals surface area (Å²) in [4.78, 5) is 0. The molecule has 0 spiro atoms. The van der Waals surface area contributed by atoms with Gasteiger partial charge < -0.3 is 0 Å². The Morgan fingerprint density at radius 3 is 2.67 bits per heavy atom. The predicted octanol–water partition coefficient (Wildman–Crippen LogP) is 6.92. The van der Waals surface area contributed by atoms with Gasteiger partial charge in [-0.15, -0.1) is 6.58 Å². The maximum atomic E-state index is 4.68. The molecule has 0 N–H and O–H groups in total. The minimum absolute atomic E-state index is 0.340. The normalized spacial score (nSPS) is 23.4. The summed E-state index contributed by atoms with van der Waals surface area (Å²) in [5.41, 5.74) is 7.12. The molecule has 144 valence electrons. The van der Waals surface area contributed by atoms with Crippen molar-refractivity contribution in [2.24, 2.45) is 11.3 Å². The zero-order chi connectivity index (χ0) is 19.4. The van der Waals surface area contributed by atoms with E-state index in [1.807, 2.05) is 6.08 Å². The molecule has 2 aromatic rings. The van der Waals surface area contributed by atoms with Crippen molar-refractivity contribution in [2.75, 3.05) is 0 Å². The van der Waals surface area contributed by atoms with Crippen LogP contribution in [0.15, 0.2) is 48.7 Å². The molecular weight excluding hydrogens is 328 g/mol. The highest BCUT2D eigenvalue weighted by Gasteiger charge is 2.41. The van der Waals surface area contributed by atoms with Crippen molar-refractivity contribution in [1.82, 2.24) is 9.78 Å². The van der Waals surface area contributed by atoms with Crippen LogP contribution in [-0.2, 0) is 6.42 Å². The lowest BCUT2D eigenvalue weighted by molar-refractivity contribution is 0.199. The molecule has 1 fully saturated rings. The molecule has 27 heavy (non-hydrogen) atoms. The first-order chi connectivity index (χ1) is 13.0. The Hall–Kier alpha value is -2.09. The third kappa shape index (κ3) is 3.95. The molecule has 1 aromatic heterocycles. The van der Waals surface area contributed by atoms with E-state index < -0.39 is 0 Å². The number of aryl methyl sites for hydroxylation is 1. The van der Waals surface area contributed by atoms with Crippen LogP contribution in [0.3, 0.4) is 0 Å². The summed E-state index contributed by atoms with van der Waals surface area (Å²) >= 11 is 0. The highest BCUT2D eigenvalue weighted by atomic mass is 15.3. The monoisotopic (exact) mass is 362 g/mol. The van der Waals surface area contributed by atoms with E-state index in [1.165, 1.54) is 42.5 Å². The van der Waals surface area contributed by atoms with Gasteiger partial charge in [-0.05, 0) is 74.1 Å². The van der Waals surface area contributed by atoms with Gasteiger partial charge in [0, 0.05) is 0 Å². The molecule has 2 atom stereocenters. The molecule has 2 aliphatic carbocycles. The first kappa shape index (κ1) is 19.7. The Bertz CT molecular complexity index is 809. The predicted molar refractivity (Wildman–Crippen MR) is 116 cm³/mol.